The predicted octanol–water partition coefficient (Wildman–Crippen LogP) is 2.92. The number of thiazole rings is 1. The highest BCUT2D eigenvalue weighted by Crippen LogP contribution is 2.12. The summed E-state index contributed by atoms with van der Waals surface area (Å²) in [5, 5.41) is 5.97. The number of nitrogens with one attached hydrogen (secondary N) is 2. The third-order valence-corrected chi connectivity index (χ3v) is 4.37. The molecule has 0 atom stereocenters. The maximum absolute atomic E-state index is 11.6. The van der Waals surface area contributed by atoms with E-state index in [4.69, 9.17) is 4.74 Å². The van der Waals surface area contributed by atoms with Crippen molar-refractivity contribution in [3.8, 4) is 0 Å². The number of benzene rings is 1. The average molecular weight is 344 g/mol. The maximum atomic E-state index is 11.6. The molecule has 0 radical (unpaired) electrons. The van der Waals surface area contributed by atoms with E-state index in [9.17, 15) is 4.79 Å². The monoisotopic (exact) mass is 344 g/mol. The number of carbonyl (C=O) groups is 1. The van der Waals surface area contributed by atoms with Crippen molar-refractivity contribution < 1.29 is 9.53 Å². The second-order valence-electron chi connectivity index (χ2n) is 5.33. The Labute approximate surface area is 144 Å². The molecule has 126 valence electrons. The first-order chi connectivity index (χ1) is 11.8. The van der Waals surface area contributed by atoms with E-state index in [-0.39, 0.29) is 5.97 Å². The van der Waals surface area contributed by atoms with Crippen molar-refractivity contribution in [2.24, 2.45) is 0 Å². The molecule has 7 heteroatoms. The number of ether oxygens (including phenoxy) is 1. The molecule has 3 aromatic rings. The molecule has 0 aliphatic carbocycles. The summed E-state index contributed by atoms with van der Waals surface area (Å²) in [6, 6.07) is 8.04. The minimum atomic E-state index is -0.357. The van der Waals surface area contributed by atoms with Crippen LogP contribution in [0.15, 0.2) is 29.6 Å². The standard InChI is InChI=1S/C17H20N4O2S/c1-2-23-17(22)14-11-24-16(21-14)10-18-9-5-8-15-19-12-6-3-4-7-13(12)20-15/h3-4,6-7,11,18H,2,5,8-10H2,1H3,(H,19,20). The number of imidazole rings is 1. The van der Waals surface area contributed by atoms with E-state index in [0.29, 0.717) is 18.8 Å². The number of esters is 1. The number of hydrogen-bond acceptors (Lipinski definition) is 6. The summed E-state index contributed by atoms with van der Waals surface area (Å²) in [5.41, 5.74) is 2.48. The molecule has 3 rings (SSSR count). The summed E-state index contributed by atoms with van der Waals surface area (Å²) >= 11 is 1.47. The Morgan fingerprint density at radius 1 is 1.33 bits per heavy atom. The minimum Gasteiger partial charge on any atom is -0.461 e. The first kappa shape index (κ1) is 16.6. The van der Waals surface area contributed by atoms with Gasteiger partial charge in [0, 0.05) is 18.3 Å². The average Bonchev–Trinajstić information content (AvgIpc) is 3.21. The Hall–Kier alpha value is -2.25. The van der Waals surface area contributed by atoms with Crippen molar-refractivity contribution in [3.05, 3.63) is 46.2 Å². The zero-order valence-electron chi connectivity index (χ0n) is 13.5. The molecule has 2 heterocycles. The first-order valence-corrected chi connectivity index (χ1v) is 8.90. The normalized spacial score (nSPS) is 11.0. The number of fused-ring (bicyclic) bond motifs is 1. The van der Waals surface area contributed by atoms with Crippen LogP contribution in [-0.4, -0.2) is 34.1 Å². The van der Waals surface area contributed by atoms with Crippen molar-refractivity contribution in [1.29, 1.82) is 0 Å². The maximum Gasteiger partial charge on any atom is 0.357 e. The molecular formula is C17H20N4O2S. The van der Waals surface area contributed by atoms with Crippen LogP contribution in [0.4, 0.5) is 0 Å². The molecule has 0 aliphatic rings. The van der Waals surface area contributed by atoms with Gasteiger partial charge in [-0.15, -0.1) is 11.3 Å². The molecule has 0 spiro atoms. The van der Waals surface area contributed by atoms with Crippen molar-refractivity contribution in [2.75, 3.05) is 13.2 Å². The van der Waals surface area contributed by atoms with Gasteiger partial charge in [-0.05, 0) is 32.0 Å². The van der Waals surface area contributed by atoms with Crippen LogP contribution in [0.25, 0.3) is 11.0 Å². The number of nitrogens with zero attached hydrogens (tertiary/aromatic N) is 2. The molecule has 0 unspecified atom stereocenters. The van der Waals surface area contributed by atoms with Gasteiger partial charge in [-0.25, -0.2) is 14.8 Å². The third kappa shape index (κ3) is 4.18. The Balaban J connectivity index is 1.40. The number of H-pyrrole nitrogens is 1. The minimum absolute atomic E-state index is 0.357. The van der Waals surface area contributed by atoms with Crippen LogP contribution in [0, 0.1) is 0 Å². The lowest BCUT2D eigenvalue weighted by Gasteiger charge is -2.01. The largest absolute Gasteiger partial charge is 0.461 e. The number of hydrogen-bond donors (Lipinski definition) is 2. The Kier molecular flexibility index (Phi) is 5.55. The molecule has 2 aromatic heterocycles. The van der Waals surface area contributed by atoms with E-state index in [1.807, 2.05) is 24.3 Å². The van der Waals surface area contributed by atoms with Crippen molar-refractivity contribution >= 4 is 28.3 Å². The fraction of sp³-hybridized carbons (Fsp3) is 0.353. The Morgan fingerprint density at radius 2 is 2.21 bits per heavy atom. The van der Waals surface area contributed by atoms with Gasteiger partial charge in [0.15, 0.2) is 5.69 Å². The topological polar surface area (TPSA) is 79.9 Å². The summed E-state index contributed by atoms with van der Waals surface area (Å²) in [6.45, 7) is 3.68. The highest BCUT2D eigenvalue weighted by molar-refractivity contribution is 7.09. The Bertz CT molecular complexity index is 779. The van der Waals surface area contributed by atoms with Crippen LogP contribution in [-0.2, 0) is 17.7 Å². The number of aryl methyl sites for hydroxylation is 1. The van der Waals surface area contributed by atoms with E-state index in [0.717, 1.165) is 41.3 Å². The summed E-state index contributed by atoms with van der Waals surface area (Å²) in [7, 11) is 0. The molecule has 0 fully saturated rings. The van der Waals surface area contributed by atoms with Gasteiger partial charge in [0.2, 0.25) is 0 Å². The van der Waals surface area contributed by atoms with Crippen molar-refractivity contribution in [1.82, 2.24) is 20.3 Å². The van der Waals surface area contributed by atoms with Crippen LogP contribution in [0.5, 0.6) is 0 Å². The summed E-state index contributed by atoms with van der Waals surface area (Å²) < 4.78 is 4.93. The van der Waals surface area contributed by atoms with Crippen molar-refractivity contribution in [2.45, 2.75) is 26.3 Å². The number of rotatable bonds is 8. The molecule has 6 nitrogen and oxygen atoms in total. The lowest BCUT2D eigenvalue weighted by molar-refractivity contribution is 0.0520. The SMILES string of the molecule is CCOC(=O)c1csc(CNCCCc2nc3ccccc3[nH]2)n1. The van der Waals surface area contributed by atoms with Gasteiger partial charge in [0.25, 0.3) is 0 Å². The summed E-state index contributed by atoms with van der Waals surface area (Å²) in [4.78, 5) is 23.7. The molecule has 24 heavy (non-hydrogen) atoms. The highest BCUT2D eigenvalue weighted by Gasteiger charge is 2.11. The molecule has 2 N–H and O–H groups in total. The smallest absolute Gasteiger partial charge is 0.357 e. The second kappa shape index (κ2) is 8.03. The third-order valence-electron chi connectivity index (χ3n) is 3.52. The van der Waals surface area contributed by atoms with Gasteiger partial charge in [-0.2, -0.15) is 0 Å². The van der Waals surface area contributed by atoms with Gasteiger partial charge in [-0.3, -0.25) is 0 Å². The van der Waals surface area contributed by atoms with E-state index in [1.165, 1.54) is 11.3 Å². The first-order valence-electron chi connectivity index (χ1n) is 8.02. The van der Waals surface area contributed by atoms with Gasteiger partial charge in [-0.1, -0.05) is 12.1 Å². The van der Waals surface area contributed by atoms with Gasteiger partial charge >= 0.3 is 5.97 Å². The summed E-state index contributed by atoms with van der Waals surface area (Å²) in [6.07, 6.45) is 1.88. The number of carbonyl (C=O) groups excluding carboxylic acids is 1. The number of aromatic nitrogens is 3. The van der Waals surface area contributed by atoms with E-state index < -0.39 is 0 Å². The molecule has 0 aliphatic heterocycles. The second-order valence-corrected chi connectivity index (χ2v) is 6.27. The highest BCUT2D eigenvalue weighted by atomic mass is 32.1. The fourth-order valence-corrected chi connectivity index (χ4v) is 3.12. The molecular weight excluding hydrogens is 324 g/mol. The van der Waals surface area contributed by atoms with Crippen LogP contribution < -0.4 is 5.32 Å². The lowest BCUT2D eigenvalue weighted by Crippen LogP contribution is -2.15. The molecule has 0 saturated carbocycles. The van der Waals surface area contributed by atoms with E-state index >= 15 is 0 Å². The van der Waals surface area contributed by atoms with Gasteiger partial charge in [0.1, 0.15) is 10.8 Å². The number of para-hydroxylation sites is 2. The van der Waals surface area contributed by atoms with Crippen LogP contribution in [0.1, 0.15) is 34.7 Å². The number of aromatic amines is 1. The molecule has 0 saturated heterocycles. The predicted molar refractivity (Wildman–Crippen MR) is 94.2 cm³/mol. The van der Waals surface area contributed by atoms with Crippen molar-refractivity contribution in [3.63, 3.8) is 0 Å². The summed E-state index contributed by atoms with van der Waals surface area (Å²) in [5.74, 6) is 0.654. The fourth-order valence-electron chi connectivity index (χ4n) is 2.39. The van der Waals surface area contributed by atoms with E-state index in [1.54, 1.807) is 12.3 Å². The molecule has 1 aromatic carbocycles. The van der Waals surface area contributed by atoms with Crippen LogP contribution >= 0.6 is 11.3 Å². The molecule has 0 bridgehead atoms. The molecule has 0 amide bonds. The van der Waals surface area contributed by atoms with Crippen LogP contribution in [0.2, 0.25) is 0 Å². The zero-order valence-corrected chi connectivity index (χ0v) is 14.4. The Morgan fingerprint density at radius 3 is 3.04 bits per heavy atom. The lowest BCUT2D eigenvalue weighted by atomic mass is 10.3. The van der Waals surface area contributed by atoms with E-state index in [2.05, 4.69) is 20.3 Å². The van der Waals surface area contributed by atoms with Gasteiger partial charge in [0.05, 0.1) is 17.6 Å². The van der Waals surface area contributed by atoms with Gasteiger partial charge < -0.3 is 15.0 Å². The van der Waals surface area contributed by atoms with Crippen LogP contribution in [0.3, 0.4) is 0 Å². The quantitative estimate of drug-likeness (QED) is 0.485. The zero-order chi connectivity index (χ0) is 16.8.